The molecule has 10 nitrogen and oxygen atoms in total. The zero-order valence-electron chi connectivity index (χ0n) is 23.5. The Morgan fingerprint density at radius 2 is 1.59 bits per heavy atom. The monoisotopic (exact) mass is 561 g/mol. The Morgan fingerprint density at radius 1 is 0.949 bits per heavy atom. The van der Waals surface area contributed by atoms with Crippen LogP contribution in [0.4, 0.5) is 0 Å². The molecule has 39 heavy (non-hydrogen) atoms. The number of carboxylic acid groups (broad SMARTS) is 1. The Hall–Kier alpha value is -3.05. The van der Waals surface area contributed by atoms with Gasteiger partial charge < -0.3 is 31.8 Å². The van der Waals surface area contributed by atoms with Gasteiger partial charge in [0, 0.05) is 23.5 Å². The number of hydrogen-bond donors (Lipinski definition) is 6. The topological polar surface area (TPSA) is 166 Å². The van der Waals surface area contributed by atoms with Crippen LogP contribution in [0.1, 0.15) is 52.5 Å². The molecule has 0 bridgehead atoms. The zero-order valence-corrected chi connectivity index (χ0v) is 24.3. The lowest BCUT2D eigenvalue weighted by molar-refractivity contribution is -0.142. The van der Waals surface area contributed by atoms with Crippen LogP contribution in [0.3, 0.4) is 0 Å². The second-order valence-electron chi connectivity index (χ2n) is 10.1. The number of nitrogens with one attached hydrogen (secondary N) is 4. The molecule has 0 saturated heterocycles. The molecule has 1 heterocycles. The number of carbonyl (C=O) groups is 4. The predicted molar refractivity (Wildman–Crippen MR) is 155 cm³/mol. The minimum atomic E-state index is -1.19. The van der Waals surface area contributed by atoms with Crippen molar-refractivity contribution in [1.82, 2.24) is 20.9 Å². The summed E-state index contributed by atoms with van der Waals surface area (Å²) in [4.78, 5) is 54.6. The molecule has 1 aromatic carbocycles. The lowest BCUT2D eigenvalue weighted by Gasteiger charge is -2.28. The van der Waals surface area contributed by atoms with Crippen LogP contribution in [0.25, 0.3) is 10.9 Å². The third-order valence-corrected chi connectivity index (χ3v) is 7.95. The van der Waals surface area contributed by atoms with Gasteiger partial charge in [0.05, 0.1) is 6.04 Å². The van der Waals surface area contributed by atoms with Gasteiger partial charge in [-0.15, -0.1) is 0 Å². The fourth-order valence-electron chi connectivity index (χ4n) is 4.22. The van der Waals surface area contributed by atoms with Gasteiger partial charge in [0.15, 0.2) is 0 Å². The van der Waals surface area contributed by atoms with Crippen LogP contribution in [-0.4, -0.2) is 70.0 Å². The molecular formula is C28H43N5O5S. The maximum Gasteiger partial charge on any atom is 0.326 e. The van der Waals surface area contributed by atoms with Gasteiger partial charge in [0.2, 0.25) is 17.7 Å². The van der Waals surface area contributed by atoms with Crippen molar-refractivity contribution >= 4 is 46.4 Å². The average Bonchev–Trinajstić information content (AvgIpc) is 3.34. The summed E-state index contributed by atoms with van der Waals surface area (Å²) in [7, 11) is 0. The Balaban J connectivity index is 2.19. The third kappa shape index (κ3) is 8.99. The van der Waals surface area contributed by atoms with E-state index in [0.717, 1.165) is 22.9 Å². The van der Waals surface area contributed by atoms with Gasteiger partial charge in [-0.3, -0.25) is 14.4 Å². The Morgan fingerprint density at radius 3 is 2.21 bits per heavy atom. The number of para-hydroxylation sites is 1. The average molecular weight is 562 g/mol. The molecule has 0 saturated carbocycles. The van der Waals surface area contributed by atoms with Gasteiger partial charge in [-0.05, 0) is 41.9 Å². The minimum absolute atomic E-state index is 0.0574. The van der Waals surface area contributed by atoms with Gasteiger partial charge in [-0.1, -0.05) is 58.7 Å². The van der Waals surface area contributed by atoms with Gasteiger partial charge in [0.1, 0.15) is 18.1 Å². The minimum Gasteiger partial charge on any atom is -0.480 e. The molecule has 0 aliphatic rings. The van der Waals surface area contributed by atoms with Gasteiger partial charge in [0.25, 0.3) is 0 Å². The molecule has 0 spiro atoms. The van der Waals surface area contributed by atoms with Crippen LogP contribution >= 0.6 is 11.8 Å². The molecule has 3 amide bonds. The Bertz CT molecular complexity index is 1120. The molecule has 0 radical (unpaired) electrons. The number of rotatable bonds is 16. The first-order valence-corrected chi connectivity index (χ1v) is 14.9. The van der Waals surface area contributed by atoms with Crippen molar-refractivity contribution in [2.24, 2.45) is 17.6 Å². The highest BCUT2D eigenvalue weighted by Crippen LogP contribution is 2.19. The Kier molecular flexibility index (Phi) is 12.8. The highest BCUT2D eigenvalue weighted by atomic mass is 32.2. The normalized spacial score (nSPS) is 15.9. The van der Waals surface area contributed by atoms with E-state index in [1.54, 1.807) is 6.20 Å². The molecule has 216 valence electrons. The maximum atomic E-state index is 13.4. The smallest absolute Gasteiger partial charge is 0.326 e. The first-order chi connectivity index (χ1) is 18.5. The van der Waals surface area contributed by atoms with Crippen molar-refractivity contribution in [2.75, 3.05) is 12.0 Å². The van der Waals surface area contributed by atoms with Crippen LogP contribution in [-0.2, 0) is 25.6 Å². The van der Waals surface area contributed by atoms with Crippen molar-refractivity contribution < 1.29 is 24.3 Å². The Labute approximate surface area is 234 Å². The number of hydrogen-bond acceptors (Lipinski definition) is 6. The van der Waals surface area contributed by atoms with Crippen molar-refractivity contribution in [1.29, 1.82) is 0 Å². The quantitative estimate of drug-likeness (QED) is 0.183. The van der Waals surface area contributed by atoms with Crippen molar-refractivity contribution in [3.05, 3.63) is 36.0 Å². The number of thioether (sulfide) groups is 1. The van der Waals surface area contributed by atoms with Gasteiger partial charge >= 0.3 is 5.97 Å². The summed E-state index contributed by atoms with van der Waals surface area (Å²) in [6, 6.07) is 3.72. The number of aromatic nitrogens is 1. The van der Waals surface area contributed by atoms with E-state index < -0.39 is 47.9 Å². The summed E-state index contributed by atoms with van der Waals surface area (Å²) in [6.45, 7) is 7.51. The van der Waals surface area contributed by atoms with Gasteiger partial charge in [-0.2, -0.15) is 11.8 Å². The standard InChI is InChI=1S/C28H43N5O5S/c1-6-16(3)23(29)26(35)31-21(12-13-39-5)25(34)33-24(17(4)7-2)27(36)32-22(28(37)38)14-18-15-30-20-11-9-8-10-19(18)20/h8-11,15-17,21-24,30H,6-7,12-14,29H2,1-5H3,(H,31,35)(H,32,36)(H,33,34)(H,37,38). The van der Waals surface area contributed by atoms with Gasteiger partial charge in [-0.25, -0.2) is 4.79 Å². The number of aromatic amines is 1. The number of amides is 3. The van der Waals surface area contributed by atoms with Crippen molar-refractivity contribution in [2.45, 2.75) is 77.5 Å². The maximum absolute atomic E-state index is 13.4. The van der Waals surface area contributed by atoms with Crippen LogP contribution in [0.5, 0.6) is 0 Å². The molecule has 2 aromatic rings. The summed E-state index contributed by atoms with van der Waals surface area (Å²) in [6.07, 6.45) is 5.36. The van der Waals surface area contributed by atoms with E-state index in [2.05, 4.69) is 20.9 Å². The van der Waals surface area contributed by atoms with E-state index in [4.69, 9.17) is 5.73 Å². The number of nitrogens with two attached hydrogens (primary N) is 1. The molecule has 1 aromatic heterocycles. The number of aliphatic carboxylic acids is 1. The summed E-state index contributed by atoms with van der Waals surface area (Å²) >= 11 is 1.53. The van der Waals surface area contributed by atoms with Crippen molar-refractivity contribution in [3.63, 3.8) is 0 Å². The first kappa shape index (κ1) is 32.2. The molecule has 0 fully saturated rings. The van der Waals surface area contributed by atoms with Crippen LogP contribution < -0.4 is 21.7 Å². The zero-order chi connectivity index (χ0) is 29.1. The number of carbonyl (C=O) groups excluding carboxylic acids is 3. The number of carboxylic acids is 1. The van der Waals surface area contributed by atoms with E-state index >= 15 is 0 Å². The molecule has 0 aliphatic heterocycles. The number of fused-ring (bicyclic) bond motifs is 1. The largest absolute Gasteiger partial charge is 0.480 e. The van der Waals surface area contributed by atoms with Crippen LogP contribution in [0.15, 0.2) is 30.5 Å². The molecule has 6 unspecified atom stereocenters. The third-order valence-electron chi connectivity index (χ3n) is 7.31. The van der Waals surface area contributed by atoms with Crippen molar-refractivity contribution in [3.8, 4) is 0 Å². The molecule has 6 atom stereocenters. The number of H-pyrrole nitrogens is 1. The van der Waals surface area contributed by atoms with E-state index in [-0.39, 0.29) is 18.3 Å². The lowest BCUT2D eigenvalue weighted by atomic mass is 9.96. The van der Waals surface area contributed by atoms with E-state index in [1.807, 2.05) is 58.2 Å². The second-order valence-corrected chi connectivity index (χ2v) is 11.1. The SMILES string of the molecule is CCC(C)C(N)C(=O)NC(CCSC)C(=O)NC(C(=O)NC(Cc1c[nH]c2ccccc12)C(=O)O)C(C)CC. The lowest BCUT2D eigenvalue weighted by Crippen LogP contribution is -2.59. The van der Waals surface area contributed by atoms with E-state index in [1.165, 1.54) is 11.8 Å². The molecular weight excluding hydrogens is 518 g/mol. The highest BCUT2D eigenvalue weighted by Gasteiger charge is 2.33. The second kappa shape index (κ2) is 15.5. The van der Waals surface area contributed by atoms with E-state index in [0.29, 0.717) is 18.6 Å². The first-order valence-electron chi connectivity index (χ1n) is 13.5. The van der Waals surface area contributed by atoms with Crippen LogP contribution in [0, 0.1) is 11.8 Å². The summed E-state index contributed by atoms with van der Waals surface area (Å²) in [5.74, 6) is -2.41. The fourth-order valence-corrected chi connectivity index (χ4v) is 4.69. The summed E-state index contributed by atoms with van der Waals surface area (Å²) in [5, 5.41) is 18.9. The fraction of sp³-hybridized carbons (Fsp3) is 0.571. The molecule has 11 heteroatoms. The van der Waals surface area contributed by atoms with E-state index in [9.17, 15) is 24.3 Å². The predicted octanol–water partition coefficient (Wildman–Crippen LogP) is 2.42. The molecule has 0 aliphatic carbocycles. The number of benzene rings is 1. The highest BCUT2D eigenvalue weighted by molar-refractivity contribution is 7.98. The molecule has 2 rings (SSSR count). The van der Waals surface area contributed by atoms with Crippen LogP contribution in [0.2, 0.25) is 0 Å². The summed E-state index contributed by atoms with van der Waals surface area (Å²) < 4.78 is 0. The summed E-state index contributed by atoms with van der Waals surface area (Å²) in [5.41, 5.74) is 7.71. The molecule has 7 N–H and O–H groups in total.